The van der Waals surface area contributed by atoms with Crippen LogP contribution in [-0.4, -0.2) is 13.0 Å². The number of anilines is 2. The summed E-state index contributed by atoms with van der Waals surface area (Å²) >= 11 is 0. The summed E-state index contributed by atoms with van der Waals surface area (Å²) in [5.74, 6) is 0.572. The van der Waals surface area contributed by atoms with E-state index in [1.807, 2.05) is 0 Å². The molecule has 23 heavy (non-hydrogen) atoms. The predicted octanol–water partition coefficient (Wildman–Crippen LogP) is 3.34. The molecule has 0 atom stereocenters. The quantitative estimate of drug-likeness (QED) is 0.851. The topological polar surface area (TPSA) is 64.3 Å². The minimum atomic E-state index is -0.0367. The van der Waals surface area contributed by atoms with Crippen LogP contribution in [0.15, 0.2) is 36.4 Å². The molecule has 2 aromatic rings. The van der Waals surface area contributed by atoms with Crippen LogP contribution in [0.2, 0.25) is 0 Å². The number of rotatable bonds is 4. The summed E-state index contributed by atoms with van der Waals surface area (Å²) in [6.07, 6.45) is 5.17. The van der Waals surface area contributed by atoms with Crippen LogP contribution >= 0.6 is 0 Å². The molecule has 0 saturated heterocycles. The number of hydrogen-bond acceptors (Lipinski definition) is 3. The Labute approximate surface area is 136 Å². The molecular weight excluding hydrogens is 288 g/mol. The first-order valence-corrected chi connectivity index (χ1v) is 8.00. The first kappa shape index (κ1) is 15.4. The van der Waals surface area contributed by atoms with Gasteiger partial charge in [0.15, 0.2) is 0 Å². The molecule has 120 valence electrons. The standard InChI is InChI=1S/C19H22N2O2/c1-23-18-9-8-16(12-17(18)20)21-19(22)11-13-6-7-14-4-2-3-5-15(14)10-13/h6-10,12H,2-5,11,20H2,1H3,(H,21,22). The second-order valence-electron chi connectivity index (χ2n) is 5.99. The van der Waals surface area contributed by atoms with Crippen molar-refractivity contribution >= 4 is 17.3 Å². The number of carbonyl (C=O) groups is 1. The smallest absolute Gasteiger partial charge is 0.228 e. The van der Waals surface area contributed by atoms with Gasteiger partial charge in [-0.2, -0.15) is 0 Å². The van der Waals surface area contributed by atoms with E-state index in [-0.39, 0.29) is 5.91 Å². The minimum Gasteiger partial charge on any atom is -0.495 e. The van der Waals surface area contributed by atoms with Gasteiger partial charge >= 0.3 is 0 Å². The normalized spacial score (nSPS) is 13.3. The van der Waals surface area contributed by atoms with Crippen molar-refractivity contribution in [2.45, 2.75) is 32.1 Å². The van der Waals surface area contributed by atoms with Gasteiger partial charge in [0, 0.05) is 5.69 Å². The summed E-state index contributed by atoms with van der Waals surface area (Å²) in [7, 11) is 1.57. The maximum atomic E-state index is 12.2. The highest BCUT2D eigenvalue weighted by Gasteiger charge is 2.11. The Morgan fingerprint density at radius 3 is 2.65 bits per heavy atom. The first-order chi connectivity index (χ1) is 11.2. The van der Waals surface area contributed by atoms with Gasteiger partial charge in [-0.15, -0.1) is 0 Å². The van der Waals surface area contributed by atoms with Crippen LogP contribution < -0.4 is 15.8 Å². The number of fused-ring (bicyclic) bond motifs is 1. The van der Waals surface area contributed by atoms with Crippen LogP contribution in [0.5, 0.6) is 5.75 Å². The lowest BCUT2D eigenvalue weighted by atomic mass is 9.90. The molecule has 0 heterocycles. The van der Waals surface area contributed by atoms with E-state index >= 15 is 0 Å². The Morgan fingerprint density at radius 1 is 1.13 bits per heavy atom. The van der Waals surface area contributed by atoms with Crippen molar-refractivity contribution in [1.82, 2.24) is 0 Å². The van der Waals surface area contributed by atoms with Gasteiger partial charge < -0.3 is 15.8 Å². The number of nitrogens with one attached hydrogen (secondary N) is 1. The van der Waals surface area contributed by atoms with Crippen molar-refractivity contribution in [2.24, 2.45) is 0 Å². The van der Waals surface area contributed by atoms with Gasteiger partial charge in [-0.3, -0.25) is 4.79 Å². The Morgan fingerprint density at radius 2 is 1.91 bits per heavy atom. The molecular formula is C19H22N2O2. The molecule has 3 N–H and O–H groups in total. The number of aryl methyl sites for hydroxylation is 2. The van der Waals surface area contributed by atoms with E-state index in [0.717, 1.165) is 18.4 Å². The predicted molar refractivity (Wildman–Crippen MR) is 92.8 cm³/mol. The molecule has 0 saturated carbocycles. The summed E-state index contributed by atoms with van der Waals surface area (Å²) in [6.45, 7) is 0. The number of methoxy groups -OCH3 is 1. The molecule has 1 aliphatic rings. The molecule has 2 aromatic carbocycles. The van der Waals surface area contributed by atoms with Crippen molar-refractivity contribution in [1.29, 1.82) is 0 Å². The molecule has 0 aromatic heterocycles. The largest absolute Gasteiger partial charge is 0.495 e. The average molecular weight is 310 g/mol. The lowest BCUT2D eigenvalue weighted by molar-refractivity contribution is -0.115. The monoisotopic (exact) mass is 310 g/mol. The summed E-state index contributed by atoms with van der Waals surface area (Å²) in [4.78, 5) is 12.2. The lowest BCUT2D eigenvalue weighted by Gasteiger charge is -2.16. The second kappa shape index (κ2) is 6.73. The summed E-state index contributed by atoms with van der Waals surface area (Å²) in [6, 6.07) is 11.7. The zero-order chi connectivity index (χ0) is 16.2. The molecule has 0 bridgehead atoms. The summed E-state index contributed by atoms with van der Waals surface area (Å²) in [5, 5.41) is 2.89. The fraction of sp³-hybridized carbons (Fsp3) is 0.316. The van der Waals surface area contributed by atoms with Gasteiger partial charge in [-0.1, -0.05) is 18.2 Å². The van der Waals surface area contributed by atoms with E-state index in [2.05, 4.69) is 23.5 Å². The third kappa shape index (κ3) is 3.65. The molecule has 0 aliphatic heterocycles. The van der Waals surface area contributed by atoms with Crippen LogP contribution in [0.3, 0.4) is 0 Å². The van der Waals surface area contributed by atoms with E-state index < -0.39 is 0 Å². The molecule has 3 rings (SSSR count). The zero-order valence-corrected chi connectivity index (χ0v) is 13.4. The molecule has 0 fully saturated rings. The first-order valence-electron chi connectivity index (χ1n) is 8.00. The van der Waals surface area contributed by atoms with E-state index in [4.69, 9.17) is 10.5 Å². The van der Waals surface area contributed by atoms with Crippen molar-refractivity contribution in [3.8, 4) is 5.75 Å². The number of ether oxygens (including phenoxy) is 1. The number of nitrogens with two attached hydrogens (primary N) is 1. The van der Waals surface area contributed by atoms with E-state index in [9.17, 15) is 4.79 Å². The van der Waals surface area contributed by atoms with Gasteiger partial charge in [0.1, 0.15) is 5.75 Å². The molecule has 0 unspecified atom stereocenters. The molecule has 4 heteroatoms. The average Bonchev–Trinajstić information content (AvgIpc) is 2.55. The van der Waals surface area contributed by atoms with Crippen molar-refractivity contribution in [3.05, 3.63) is 53.1 Å². The third-order valence-corrected chi connectivity index (χ3v) is 4.29. The molecule has 1 amide bonds. The maximum absolute atomic E-state index is 12.2. The molecule has 1 aliphatic carbocycles. The van der Waals surface area contributed by atoms with Crippen molar-refractivity contribution < 1.29 is 9.53 Å². The third-order valence-electron chi connectivity index (χ3n) is 4.29. The summed E-state index contributed by atoms with van der Waals surface area (Å²) < 4.78 is 5.12. The highest BCUT2D eigenvalue weighted by atomic mass is 16.5. The fourth-order valence-corrected chi connectivity index (χ4v) is 3.10. The van der Waals surface area contributed by atoms with Crippen molar-refractivity contribution in [3.63, 3.8) is 0 Å². The van der Waals surface area contributed by atoms with Gasteiger partial charge in [0.25, 0.3) is 0 Å². The number of amides is 1. The van der Waals surface area contributed by atoms with Crippen LogP contribution in [0.1, 0.15) is 29.5 Å². The van der Waals surface area contributed by atoms with Gasteiger partial charge in [-0.05, 0) is 60.6 Å². The van der Waals surface area contributed by atoms with Gasteiger partial charge in [0.05, 0.1) is 19.2 Å². The van der Waals surface area contributed by atoms with E-state index in [0.29, 0.717) is 23.5 Å². The Hall–Kier alpha value is -2.49. The number of nitrogen functional groups attached to an aromatic ring is 1. The molecule has 0 radical (unpaired) electrons. The van der Waals surface area contributed by atoms with Crippen LogP contribution in [-0.2, 0) is 24.1 Å². The van der Waals surface area contributed by atoms with Crippen molar-refractivity contribution in [2.75, 3.05) is 18.2 Å². The highest BCUT2D eigenvalue weighted by Crippen LogP contribution is 2.25. The number of carbonyl (C=O) groups excluding carboxylic acids is 1. The zero-order valence-electron chi connectivity index (χ0n) is 13.4. The SMILES string of the molecule is COc1ccc(NC(=O)Cc2ccc3c(c2)CCCC3)cc1N. The summed E-state index contributed by atoms with van der Waals surface area (Å²) in [5.41, 5.74) is 11.0. The second-order valence-corrected chi connectivity index (χ2v) is 5.99. The fourth-order valence-electron chi connectivity index (χ4n) is 3.10. The van der Waals surface area contributed by atoms with Crippen LogP contribution in [0, 0.1) is 0 Å². The lowest BCUT2D eigenvalue weighted by Crippen LogP contribution is -2.15. The maximum Gasteiger partial charge on any atom is 0.228 e. The van der Waals surface area contributed by atoms with E-state index in [1.54, 1.807) is 25.3 Å². The Balaban J connectivity index is 1.66. The van der Waals surface area contributed by atoms with Gasteiger partial charge in [0.2, 0.25) is 5.91 Å². The molecule has 4 nitrogen and oxygen atoms in total. The van der Waals surface area contributed by atoms with Crippen LogP contribution in [0.25, 0.3) is 0 Å². The highest BCUT2D eigenvalue weighted by molar-refractivity contribution is 5.93. The van der Waals surface area contributed by atoms with Crippen LogP contribution in [0.4, 0.5) is 11.4 Å². The van der Waals surface area contributed by atoms with Gasteiger partial charge in [-0.25, -0.2) is 0 Å². The molecule has 0 spiro atoms. The Bertz CT molecular complexity index is 725. The Kier molecular flexibility index (Phi) is 4.51. The number of hydrogen-bond donors (Lipinski definition) is 2. The van der Waals surface area contributed by atoms with E-state index in [1.165, 1.54) is 24.0 Å². The minimum absolute atomic E-state index is 0.0367. The number of benzene rings is 2.